The molecule has 1 aromatic heterocycles. The first-order valence-corrected chi connectivity index (χ1v) is 8.03. The lowest BCUT2D eigenvalue weighted by Gasteiger charge is -2.30. The quantitative estimate of drug-likeness (QED) is 0.829. The summed E-state index contributed by atoms with van der Waals surface area (Å²) in [6.45, 7) is 4.05. The molecule has 0 aromatic carbocycles. The number of aryl methyl sites for hydroxylation is 1. The van der Waals surface area contributed by atoms with Gasteiger partial charge in [0, 0.05) is 25.7 Å². The SMILES string of the molecule is CCCCn1nc(C(F)(F)F)cc1ON1CC2CCC(C2)C1. The molecular formula is C15H22F3N3O. The van der Waals surface area contributed by atoms with Gasteiger partial charge in [0.05, 0.1) is 0 Å². The van der Waals surface area contributed by atoms with Crippen molar-refractivity contribution in [3.8, 4) is 5.88 Å². The van der Waals surface area contributed by atoms with Crippen LogP contribution in [0.1, 0.15) is 44.7 Å². The Morgan fingerprint density at radius 2 is 1.95 bits per heavy atom. The van der Waals surface area contributed by atoms with Crippen LogP contribution >= 0.6 is 0 Å². The predicted octanol–water partition coefficient (Wildman–Crippen LogP) is 3.73. The average molecular weight is 317 g/mol. The Morgan fingerprint density at radius 3 is 2.55 bits per heavy atom. The lowest BCUT2D eigenvalue weighted by molar-refractivity contribution is -0.141. The van der Waals surface area contributed by atoms with Crippen LogP contribution in [0.25, 0.3) is 0 Å². The van der Waals surface area contributed by atoms with E-state index in [1.807, 2.05) is 12.0 Å². The first-order valence-electron chi connectivity index (χ1n) is 8.03. The Hall–Kier alpha value is -1.24. The molecule has 22 heavy (non-hydrogen) atoms. The van der Waals surface area contributed by atoms with E-state index >= 15 is 0 Å². The summed E-state index contributed by atoms with van der Waals surface area (Å²) in [6.07, 6.45) is 0.870. The molecule has 7 heteroatoms. The van der Waals surface area contributed by atoms with Crippen LogP contribution in [0.4, 0.5) is 13.2 Å². The van der Waals surface area contributed by atoms with Crippen molar-refractivity contribution in [2.75, 3.05) is 13.1 Å². The fourth-order valence-electron chi connectivity index (χ4n) is 3.45. The summed E-state index contributed by atoms with van der Waals surface area (Å²) in [5.41, 5.74) is -0.876. The first-order chi connectivity index (χ1) is 10.5. The minimum absolute atomic E-state index is 0.210. The van der Waals surface area contributed by atoms with Gasteiger partial charge in [0.15, 0.2) is 5.69 Å². The van der Waals surface area contributed by atoms with Crippen LogP contribution in [-0.2, 0) is 12.7 Å². The number of rotatable bonds is 5. The van der Waals surface area contributed by atoms with E-state index in [0.29, 0.717) is 18.4 Å². The molecule has 2 fully saturated rings. The van der Waals surface area contributed by atoms with Crippen molar-refractivity contribution in [2.45, 2.75) is 51.7 Å². The summed E-state index contributed by atoms with van der Waals surface area (Å²) in [6, 6.07) is 1.02. The van der Waals surface area contributed by atoms with E-state index in [9.17, 15) is 13.2 Å². The molecule has 2 bridgehead atoms. The third kappa shape index (κ3) is 3.39. The lowest BCUT2D eigenvalue weighted by Crippen LogP contribution is -2.39. The standard InChI is InChI=1S/C15H22F3N3O/c1-2-3-6-21-14(8-13(19-21)15(16,17)18)22-20-9-11-4-5-12(7-11)10-20/h8,11-12H,2-7,9-10H2,1H3. The molecule has 1 aromatic rings. The van der Waals surface area contributed by atoms with Gasteiger partial charge < -0.3 is 4.84 Å². The molecule has 4 nitrogen and oxygen atoms in total. The van der Waals surface area contributed by atoms with Gasteiger partial charge >= 0.3 is 6.18 Å². The number of aromatic nitrogens is 2. The number of piperidine rings is 1. The molecule has 1 saturated heterocycles. The van der Waals surface area contributed by atoms with Crippen LogP contribution in [0.2, 0.25) is 0 Å². The van der Waals surface area contributed by atoms with Gasteiger partial charge in [0.2, 0.25) is 5.88 Å². The van der Waals surface area contributed by atoms with Crippen LogP contribution in [0.15, 0.2) is 6.07 Å². The van der Waals surface area contributed by atoms with Gasteiger partial charge in [-0.3, -0.25) is 0 Å². The van der Waals surface area contributed by atoms with Crippen molar-refractivity contribution < 1.29 is 18.0 Å². The maximum Gasteiger partial charge on any atom is 0.435 e. The second kappa shape index (κ2) is 6.10. The topological polar surface area (TPSA) is 30.3 Å². The molecule has 0 spiro atoms. The van der Waals surface area contributed by atoms with Gasteiger partial charge in [0.25, 0.3) is 0 Å². The summed E-state index contributed by atoms with van der Waals surface area (Å²) in [7, 11) is 0. The summed E-state index contributed by atoms with van der Waals surface area (Å²) < 4.78 is 40.0. The van der Waals surface area contributed by atoms with Crippen molar-refractivity contribution in [2.24, 2.45) is 11.8 Å². The van der Waals surface area contributed by atoms with Crippen molar-refractivity contribution >= 4 is 0 Å². The number of alkyl halides is 3. The smallest absolute Gasteiger partial charge is 0.386 e. The van der Waals surface area contributed by atoms with Gasteiger partial charge in [-0.1, -0.05) is 13.3 Å². The first kappa shape index (κ1) is 15.6. The molecule has 0 radical (unpaired) electrons. The summed E-state index contributed by atoms with van der Waals surface area (Å²) in [5.74, 6) is 1.45. The van der Waals surface area contributed by atoms with Crippen molar-refractivity contribution in [3.63, 3.8) is 0 Å². The van der Waals surface area contributed by atoms with Gasteiger partial charge in [-0.25, -0.2) is 4.68 Å². The largest absolute Gasteiger partial charge is 0.435 e. The Kier molecular flexibility index (Phi) is 4.34. The Labute approximate surface area is 128 Å². The van der Waals surface area contributed by atoms with Crippen molar-refractivity contribution in [3.05, 3.63) is 11.8 Å². The Morgan fingerprint density at radius 1 is 1.27 bits per heavy atom. The van der Waals surface area contributed by atoms with Gasteiger partial charge in [0.1, 0.15) is 0 Å². The molecule has 2 unspecified atom stereocenters. The fraction of sp³-hybridized carbons (Fsp3) is 0.800. The van der Waals surface area contributed by atoms with E-state index in [-0.39, 0.29) is 5.88 Å². The van der Waals surface area contributed by atoms with E-state index in [0.717, 1.165) is 32.0 Å². The van der Waals surface area contributed by atoms with Gasteiger partial charge in [-0.05, 0) is 37.5 Å². The van der Waals surface area contributed by atoms with Crippen LogP contribution in [0.5, 0.6) is 5.88 Å². The van der Waals surface area contributed by atoms with E-state index in [2.05, 4.69) is 5.10 Å². The molecule has 0 N–H and O–H groups in total. The molecule has 124 valence electrons. The minimum atomic E-state index is -4.43. The van der Waals surface area contributed by atoms with Gasteiger partial charge in [-0.15, -0.1) is 5.06 Å². The highest BCUT2D eigenvalue weighted by atomic mass is 19.4. The van der Waals surface area contributed by atoms with Gasteiger partial charge in [-0.2, -0.15) is 18.3 Å². The third-order valence-electron chi connectivity index (χ3n) is 4.55. The maximum atomic E-state index is 12.9. The van der Waals surface area contributed by atoms with E-state index in [4.69, 9.17) is 4.84 Å². The van der Waals surface area contributed by atoms with Crippen LogP contribution in [0.3, 0.4) is 0 Å². The monoisotopic (exact) mass is 317 g/mol. The van der Waals surface area contributed by atoms with Crippen molar-refractivity contribution in [1.82, 2.24) is 14.8 Å². The average Bonchev–Trinajstić information content (AvgIpc) is 3.00. The molecule has 1 saturated carbocycles. The Balaban J connectivity index is 1.74. The zero-order valence-electron chi connectivity index (χ0n) is 12.8. The molecule has 3 rings (SSSR count). The molecule has 2 heterocycles. The highest BCUT2D eigenvalue weighted by molar-refractivity contribution is 5.18. The molecule has 0 amide bonds. The molecule has 1 aliphatic carbocycles. The molecule has 1 aliphatic heterocycles. The number of hydrogen-bond acceptors (Lipinski definition) is 3. The highest BCUT2D eigenvalue weighted by Gasteiger charge is 2.37. The number of nitrogens with zero attached hydrogens (tertiary/aromatic N) is 3. The van der Waals surface area contributed by atoms with E-state index in [1.54, 1.807) is 0 Å². The van der Waals surface area contributed by atoms with Crippen LogP contribution < -0.4 is 4.84 Å². The zero-order chi connectivity index (χ0) is 15.7. The van der Waals surface area contributed by atoms with E-state index < -0.39 is 11.9 Å². The normalized spacial score (nSPS) is 25.6. The number of fused-ring (bicyclic) bond motifs is 2. The number of hydrogen-bond donors (Lipinski definition) is 0. The lowest BCUT2D eigenvalue weighted by atomic mass is 10.0. The summed E-state index contributed by atoms with van der Waals surface area (Å²) in [4.78, 5) is 5.77. The second-order valence-electron chi connectivity index (χ2n) is 6.43. The minimum Gasteiger partial charge on any atom is -0.386 e. The molecule has 2 atom stereocenters. The van der Waals surface area contributed by atoms with Crippen LogP contribution in [-0.4, -0.2) is 27.9 Å². The van der Waals surface area contributed by atoms with Crippen LogP contribution in [0, 0.1) is 11.8 Å². The third-order valence-corrected chi connectivity index (χ3v) is 4.55. The zero-order valence-corrected chi connectivity index (χ0v) is 12.8. The molecular weight excluding hydrogens is 295 g/mol. The summed E-state index contributed by atoms with van der Waals surface area (Å²) in [5, 5.41) is 5.50. The predicted molar refractivity (Wildman–Crippen MR) is 75.2 cm³/mol. The number of halogens is 3. The highest BCUT2D eigenvalue weighted by Crippen LogP contribution is 2.37. The van der Waals surface area contributed by atoms with Crippen molar-refractivity contribution in [1.29, 1.82) is 0 Å². The number of hydroxylamine groups is 2. The summed E-state index contributed by atoms with van der Waals surface area (Å²) >= 11 is 0. The fourth-order valence-corrected chi connectivity index (χ4v) is 3.45. The second-order valence-corrected chi connectivity index (χ2v) is 6.43. The maximum absolute atomic E-state index is 12.9. The number of unbranched alkanes of at least 4 members (excludes halogenated alkanes) is 1. The van der Waals surface area contributed by atoms with E-state index in [1.165, 1.54) is 23.9 Å². The Bertz CT molecular complexity index is 503. The molecule has 2 aliphatic rings.